The molecule has 1 N–H and O–H groups in total. The molecule has 2 unspecified atom stereocenters. The lowest BCUT2D eigenvalue weighted by molar-refractivity contribution is 0.0981. The van der Waals surface area contributed by atoms with E-state index in [4.69, 9.17) is 0 Å². The van der Waals surface area contributed by atoms with E-state index in [0.29, 0.717) is 5.56 Å². The number of aromatic nitrogens is 2. The summed E-state index contributed by atoms with van der Waals surface area (Å²) >= 11 is 0. The van der Waals surface area contributed by atoms with E-state index in [-0.39, 0.29) is 36.3 Å². The fraction of sp³-hybridized carbons (Fsp3) is 0.333. The molecule has 8 nitrogen and oxygen atoms in total. The fourth-order valence-corrected chi connectivity index (χ4v) is 4.76. The summed E-state index contributed by atoms with van der Waals surface area (Å²) in [6, 6.07) is 6.46. The topological polar surface area (TPSA) is 87.0 Å². The van der Waals surface area contributed by atoms with Crippen LogP contribution in [0.1, 0.15) is 35.3 Å². The second-order valence-corrected chi connectivity index (χ2v) is 9.55. The average Bonchev–Trinajstić information content (AvgIpc) is 3.37. The molecular formula is C21H22F3N5O3S. The molecule has 2 atom stereocenters. The number of hydrogen-bond donors (Lipinski definition) is 1. The van der Waals surface area contributed by atoms with Crippen molar-refractivity contribution < 1.29 is 26.4 Å². The van der Waals surface area contributed by atoms with Crippen LogP contribution in [0, 0.1) is 11.6 Å². The molecule has 1 aliphatic rings. The SMILES string of the molecule is CCN(C)S(=O)(=O)NC(=O)c1cnn2ccc(N3CC(F)CC3c3cccc(F)c3)c(F)c12. The number of benzene rings is 1. The zero-order valence-electron chi connectivity index (χ0n) is 17.9. The normalized spacial score (nSPS) is 18.9. The Bertz CT molecular complexity index is 1310. The van der Waals surface area contributed by atoms with Crippen molar-refractivity contribution in [2.45, 2.75) is 25.6 Å². The third-order valence-electron chi connectivity index (χ3n) is 5.72. The summed E-state index contributed by atoms with van der Waals surface area (Å²) in [5.41, 5.74) is -0.0463. The molecular weight excluding hydrogens is 459 g/mol. The molecule has 2 aromatic heterocycles. The first-order valence-electron chi connectivity index (χ1n) is 10.2. The average molecular weight is 482 g/mol. The molecule has 0 radical (unpaired) electrons. The second-order valence-electron chi connectivity index (χ2n) is 7.77. The summed E-state index contributed by atoms with van der Waals surface area (Å²) in [7, 11) is -2.83. The number of carbonyl (C=O) groups is 1. The van der Waals surface area contributed by atoms with E-state index in [1.807, 2.05) is 4.72 Å². The Labute approximate surface area is 188 Å². The van der Waals surface area contributed by atoms with Gasteiger partial charge in [0.05, 0.1) is 23.5 Å². The third kappa shape index (κ3) is 4.27. The Balaban J connectivity index is 1.74. The summed E-state index contributed by atoms with van der Waals surface area (Å²) in [6.07, 6.45) is 1.23. The highest BCUT2D eigenvalue weighted by atomic mass is 32.2. The van der Waals surface area contributed by atoms with Gasteiger partial charge in [-0.1, -0.05) is 19.1 Å². The zero-order valence-corrected chi connectivity index (χ0v) is 18.7. The van der Waals surface area contributed by atoms with E-state index in [2.05, 4.69) is 5.10 Å². The predicted octanol–water partition coefficient (Wildman–Crippen LogP) is 2.83. The molecule has 1 aromatic carbocycles. The minimum Gasteiger partial charge on any atom is -0.359 e. The van der Waals surface area contributed by atoms with Crippen LogP contribution in [0.5, 0.6) is 0 Å². The van der Waals surface area contributed by atoms with Gasteiger partial charge in [-0.15, -0.1) is 0 Å². The molecule has 1 aliphatic heterocycles. The lowest BCUT2D eigenvalue weighted by Gasteiger charge is -2.27. The minimum atomic E-state index is -4.12. The zero-order chi connectivity index (χ0) is 23.9. The van der Waals surface area contributed by atoms with Crippen molar-refractivity contribution >= 4 is 27.3 Å². The van der Waals surface area contributed by atoms with Crippen LogP contribution in [-0.4, -0.2) is 54.6 Å². The lowest BCUT2D eigenvalue weighted by Crippen LogP contribution is -2.41. The van der Waals surface area contributed by atoms with Crippen molar-refractivity contribution in [2.24, 2.45) is 0 Å². The van der Waals surface area contributed by atoms with Gasteiger partial charge in [-0.3, -0.25) is 4.79 Å². The number of amides is 1. The van der Waals surface area contributed by atoms with E-state index in [0.717, 1.165) is 15.0 Å². The van der Waals surface area contributed by atoms with Gasteiger partial charge in [0.15, 0.2) is 5.82 Å². The maximum absolute atomic E-state index is 15.7. The molecule has 0 spiro atoms. The van der Waals surface area contributed by atoms with Crippen LogP contribution in [0.15, 0.2) is 42.7 Å². The lowest BCUT2D eigenvalue weighted by atomic mass is 10.0. The van der Waals surface area contributed by atoms with E-state index in [1.165, 1.54) is 42.4 Å². The molecule has 1 amide bonds. The molecule has 33 heavy (non-hydrogen) atoms. The van der Waals surface area contributed by atoms with Crippen LogP contribution >= 0.6 is 0 Å². The monoisotopic (exact) mass is 481 g/mol. The number of anilines is 1. The van der Waals surface area contributed by atoms with Crippen molar-refractivity contribution in [1.82, 2.24) is 18.6 Å². The Hall–Kier alpha value is -3.12. The largest absolute Gasteiger partial charge is 0.359 e. The summed E-state index contributed by atoms with van der Waals surface area (Å²) < 4.78 is 72.2. The second kappa shape index (κ2) is 8.67. The van der Waals surface area contributed by atoms with Crippen LogP contribution in [0.3, 0.4) is 0 Å². The molecule has 0 aliphatic carbocycles. The van der Waals surface area contributed by atoms with Crippen LogP contribution < -0.4 is 9.62 Å². The summed E-state index contributed by atoms with van der Waals surface area (Å²) in [5, 5.41) is 3.93. The highest BCUT2D eigenvalue weighted by Gasteiger charge is 2.36. The molecule has 1 saturated heterocycles. The number of rotatable bonds is 6. The van der Waals surface area contributed by atoms with E-state index in [1.54, 1.807) is 13.0 Å². The predicted molar refractivity (Wildman–Crippen MR) is 116 cm³/mol. The van der Waals surface area contributed by atoms with Crippen LogP contribution in [-0.2, 0) is 10.2 Å². The molecule has 1 fully saturated rings. The smallest absolute Gasteiger partial charge is 0.303 e. The van der Waals surface area contributed by atoms with E-state index in [9.17, 15) is 22.0 Å². The molecule has 176 valence electrons. The van der Waals surface area contributed by atoms with Crippen molar-refractivity contribution in [2.75, 3.05) is 25.0 Å². The maximum Gasteiger partial charge on any atom is 0.303 e. The fourth-order valence-electron chi connectivity index (χ4n) is 3.92. The van der Waals surface area contributed by atoms with Crippen LogP contribution in [0.25, 0.3) is 5.52 Å². The highest BCUT2D eigenvalue weighted by molar-refractivity contribution is 7.87. The number of fused-ring (bicyclic) bond motifs is 1. The molecule has 0 bridgehead atoms. The van der Waals surface area contributed by atoms with Crippen molar-refractivity contribution in [3.8, 4) is 0 Å². The Morgan fingerprint density at radius 1 is 1.30 bits per heavy atom. The van der Waals surface area contributed by atoms with Crippen molar-refractivity contribution in [3.05, 3.63) is 65.5 Å². The molecule has 3 heterocycles. The van der Waals surface area contributed by atoms with E-state index >= 15 is 4.39 Å². The molecule has 0 saturated carbocycles. The number of nitrogens with one attached hydrogen (secondary N) is 1. The number of nitrogens with zero attached hydrogens (tertiary/aromatic N) is 4. The number of pyridine rings is 1. The van der Waals surface area contributed by atoms with Gasteiger partial charge < -0.3 is 4.90 Å². The van der Waals surface area contributed by atoms with Gasteiger partial charge in [-0.05, 0) is 23.8 Å². The van der Waals surface area contributed by atoms with Crippen LogP contribution in [0.2, 0.25) is 0 Å². The van der Waals surface area contributed by atoms with Gasteiger partial charge in [-0.25, -0.2) is 22.4 Å². The van der Waals surface area contributed by atoms with Gasteiger partial charge in [0.1, 0.15) is 17.5 Å². The van der Waals surface area contributed by atoms with Gasteiger partial charge in [-0.2, -0.15) is 17.8 Å². The number of alkyl halides is 1. The maximum atomic E-state index is 15.7. The van der Waals surface area contributed by atoms with E-state index < -0.39 is 40.0 Å². The third-order valence-corrected chi connectivity index (χ3v) is 7.24. The first-order chi connectivity index (χ1) is 15.6. The highest BCUT2D eigenvalue weighted by Crippen LogP contribution is 2.39. The van der Waals surface area contributed by atoms with Crippen molar-refractivity contribution in [1.29, 1.82) is 0 Å². The number of halogens is 3. The molecule has 3 aromatic rings. The number of carbonyl (C=O) groups excluding carboxylic acids is 1. The standard InChI is InChI=1S/C21H22F3N5O3S/c1-3-27(2)33(31,32)26-21(30)16-11-25-29-8-7-17(19(24)20(16)29)28-12-15(23)10-18(28)13-5-4-6-14(22)9-13/h4-9,11,15,18H,3,10,12H2,1-2H3,(H,26,30). The minimum absolute atomic E-state index is 0.00000499. The summed E-state index contributed by atoms with van der Waals surface area (Å²) in [6.45, 7) is 1.59. The van der Waals surface area contributed by atoms with Crippen LogP contribution in [0.4, 0.5) is 18.9 Å². The van der Waals surface area contributed by atoms with Gasteiger partial charge in [0.25, 0.3) is 5.91 Å². The number of hydrogen-bond acceptors (Lipinski definition) is 5. The van der Waals surface area contributed by atoms with Crippen molar-refractivity contribution in [3.63, 3.8) is 0 Å². The van der Waals surface area contributed by atoms with Gasteiger partial charge >= 0.3 is 10.2 Å². The Morgan fingerprint density at radius 3 is 2.76 bits per heavy atom. The quantitative estimate of drug-likeness (QED) is 0.585. The molecule has 4 rings (SSSR count). The Morgan fingerprint density at radius 2 is 2.06 bits per heavy atom. The summed E-state index contributed by atoms with van der Waals surface area (Å²) in [4.78, 5) is 14.1. The first kappa shape index (κ1) is 23.1. The first-order valence-corrected chi connectivity index (χ1v) is 11.7. The molecule has 12 heteroatoms. The summed E-state index contributed by atoms with van der Waals surface area (Å²) in [5.74, 6) is -2.40. The van der Waals surface area contributed by atoms with Gasteiger partial charge in [0.2, 0.25) is 0 Å². The van der Waals surface area contributed by atoms with Gasteiger partial charge in [0, 0.05) is 32.8 Å². The Kier molecular flexibility index (Phi) is 6.06.